The summed E-state index contributed by atoms with van der Waals surface area (Å²) < 4.78 is 1.03. The molecule has 162 valence electrons. The lowest BCUT2D eigenvalue weighted by atomic mass is 9.91. The van der Waals surface area contributed by atoms with Crippen molar-refractivity contribution in [1.29, 1.82) is 0 Å². The molecule has 0 spiro atoms. The number of carbonyl (C=O) groups is 2. The zero-order chi connectivity index (χ0) is 21.6. The van der Waals surface area contributed by atoms with Crippen LogP contribution in [0.3, 0.4) is 0 Å². The Labute approximate surface area is 188 Å². The highest BCUT2D eigenvalue weighted by atomic mass is 79.9. The normalized spacial score (nSPS) is 16.7. The van der Waals surface area contributed by atoms with Gasteiger partial charge in [0.1, 0.15) is 0 Å². The minimum Gasteiger partial charge on any atom is -0.355 e. The SMILES string of the molecule is CC(Sc1ccc(Br)cc1)C(=O)N1CCC(C(=O)NCC(C)(C)CN(C)C)CC1. The Morgan fingerprint density at radius 1 is 1.24 bits per heavy atom. The fraction of sp³-hybridized carbons (Fsp3) is 0.636. The molecule has 1 unspecified atom stereocenters. The number of nitrogens with zero attached hydrogens (tertiary/aromatic N) is 2. The number of hydrogen-bond donors (Lipinski definition) is 1. The molecule has 29 heavy (non-hydrogen) atoms. The summed E-state index contributed by atoms with van der Waals surface area (Å²) >= 11 is 5.01. The summed E-state index contributed by atoms with van der Waals surface area (Å²) in [7, 11) is 4.10. The van der Waals surface area contributed by atoms with Gasteiger partial charge < -0.3 is 15.1 Å². The molecule has 0 aliphatic carbocycles. The van der Waals surface area contributed by atoms with Gasteiger partial charge in [-0.1, -0.05) is 29.8 Å². The smallest absolute Gasteiger partial charge is 0.235 e. The Balaban J connectivity index is 1.77. The topological polar surface area (TPSA) is 52.7 Å². The van der Waals surface area contributed by atoms with Gasteiger partial charge in [-0.05, 0) is 63.5 Å². The molecule has 7 heteroatoms. The highest BCUT2D eigenvalue weighted by Gasteiger charge is 2.30. The summed E-state index contributed by atoms with van der Waals surface area (Å²) in [6.07, 6.45) is 1.47. The fourth-order valence-corrected chi connectivity index (χ4v) is 4.99. The maximum atomic E-state index is 12.8. The van der Waals surface area contributed by atoms with Crippen molar-refractivity contribution >= 4 is 39.5 Å². The number of thioether (sulfide) groups is 1. The van der Waals surface area contributed by atoms with Crippen LogP contribution >= 0.6 is 27.7 Å². The van der Waals surface area contributed by atoms with Crippen molar-refractivity contribution in [2.45, 2.75) is 43.8 Å². The number of benzene rings is 1. The summed E-state index contributed by atoms with van der Waals surface area (Å²) in [5.74, 6) is 0.286. The van der Waals surface area contributed by atoms with Gasteiger partial charge >= 0.3 is 0 Å². The van der Waals surface area contributed by atoms with Crippen molar-refractivity contribution in [2.24, 2.45) is 11.3 Å². The number of rotatable bonds is 8. The first-order valence-corrected chi connectivity index (χ1v) is 11.9. The van der Waals surface area contributed by atoms with Crippen molar-refractivity contribution in [3.8, 4) is 0 Å². The molecule has 1 heterocycles. The summed E-state index contributed by atoms with van der Waals surface area (Å²) in [5, 5.41) is 2.99. The van der Waals surface area contributed by atoms with E-state index < -0.39 is 0 Å². The highest BCUT2D eigenvalue weighted by Crippen LogP contribution is 2.27. The minimum atomic E-state index is -0.131. The number of likely N-dealkylation sites (tertiary alicyclic amines) is 1. The highest BCUT2D eigenvalue weighted by molar-refractivity contribution is 9.10. The van der Waals surface area contributed by atoms with Gasteiger partial charge in [0.15, 0.2) is 0 Å². The van der Waals surface area contributed by atoms with Crippen LogP contribution in [0.5, 0.6) is 0 Å². The van der Waals surface area contributed by atoms with E-state index in [1.54, 1.807) is 11.8 Å². The largest absolute Gasteiger partial charge is 0.355 e. The van der Waals surface area contributed by atoms with E-state index in [1.807, 2.05) is 50.2 Å². The van der Waals surface area contributed by atoms with E-state index >= 15 is 0 Å². The van der Waals surface area contributed by atoms with Crippen molar-refractivity contribution in [2.75, 3.05) is 40.3 Å². The molecule has 5 nitrogen and oxygen atoms in total. The van der Waals surface area contributed by atoms with E-state index in [-0.39, 0.29) is 28.4 Å². The van der Waals surface area contributed by atoms with Gasteiger partial charge in [-0.15, -0.1) is 11.8 Å². The molecule has 0 radical (unpaired) electrons. The Morgan fingerprint density at radius 2 is 1.83 bits per heavy atom. The second-order valence-electron chi connectivity index (χ2n) is 8.93. The third-order valence-corrected chi connectivity index (χ3v) is 6.77. The summed E-state index contributed by atoms with van der Waals surface area (Å²) in [4.78, 5) is 30.5. The summed E-state index contributed by atoms with van der Waals surface area (Å²) in [5.41, 5.74) is 0.0372. The maximum Gasteiger partial charge on any atom is 0.235 e. The van der Waals surface area contributed by atoms with Crippen molar-refractivity contribution in [3.63, 3.8) is 0 Å². The average molecular weight is 485 g/mol. The Hall–Kier alpha value is -1.05. The molecule has 2 rings (SSSR count). The number of carbonyl (C=O) groups excluding carboxylic acids is 2. The second kappa shape index (κ2) is 10.8. The van der Waals surface area contributed by atoms with Crippen LogP contribution in [0.2, 0.25) is 0 Å². The zero-order valence-electron chi connectivity index (χ0n) is 18.2. The number of amides is 2. The van der Waals surface area contributed by atoms with E-state index in [9.17, 15) is 9.59 Å². The molecule has 1 aliphatic heterocycles. The zero-order valence-corrected chi connectivity index (χ0v) is 20.6. The molecular formula is C22H34BrN3O2S. The van der Waals surface area contributed by atoms with Crippen LogP contribution in [0.15, 0.2) is 33.6 Å². The van der Waals surface area contributed by atoms with Crippen LogP contribution in [0.1, 0.15) is 33.6 Å². The standard InChI is InChI=1S/C22H34BrN3O2S/c1-16(29-19-8-6-18(23)7-9-19)21(28)26-12-10-17(11-13-26)20(27)24-14-22(2,3)15-25(4)5/h6-9,16-17H,10-15H2,1-5H3,(H,24,27). The lowest BCUT2D eigenvalue weighted by Crippen LogP contribution is -2.47. The van der Waals surface area contributed by atoms with E-state index in [4.69, 9.17) is 0 Å². The maximum absolute atomic E-state index is 12.8. The third kappa shape index (κ3) is 7.95. The predicted octanol–water partition coefficient (Wildman–Crippen LogP) is 3.87. The van der Waals surface area contributed by atoms with Crippen LogP contribution in [0.25, 0.3) is 0 Å². The van der Waals surface area contributed by atoms with Crippen molar-refractivity contribution < 1.29 is 9.59 Å². The van der Waals surface area contributed by atoms with Crippen LogP contribution in [0.4, 0.5) is 0 Å². The van der Waals surface area contributed by atoms with Gasteiger partial charge in [0, 0.05) is 41.5 Å². The summed E-state index contributed by atoms with van der Waals surface area (Å²) in [6, 6.07) is 8.02. The van der Waals surface area contributed by atoms with Gasteiger partial charge in [-0.25, -0.2) is 0 Å². The van der Waals surface area contributed by atoms with Gasteiger partial charge in [0.2, 0.25) is 11.8 Å². The first-order valence-electron chi connectivity index (χ1n) is 10.2. The van der Waals surface area contributed by atoms with Gasteiger partial charge in [0.25, 0.3) is 0 Å². The van der Waals surface area contributed by atoms with Crippen LogP contribution in [0, 0.1) is 11.3 Å². The van der Waals surface area contributed by atoms with Gasteiger partial charge in [0.05, 0.1) is 5.25 Å². The van der Waals surface area contributed by atoms with E-state index in [2.05, 4.69) is 40.0 Å². The van der Waals surface area contributed by atoms with Gasteiger partial charge in [-0.3, -0.25) is 9.59 Å². The van der Waals surface area contributed by atoms with E-state index in [0.717, 1.165) is 28.8 Å². The minimum absolute atomic E-state index is 0.00337. The van der Waals surface area contributed by atoms with Crippen LogP contribution in [-0.4, -0.2) is 67.1 Å². The molecule has 1 atom stereocenters. The predicted molar refractivity (Wildman–Crippen MR) is 124 cm³/mol. The fourth-order valence-electron chi connectivity index (χ4n) is 3.77. The number of nitrogens with one attached hydrogen (secondary N) is 1. The Bertz CT molecular complexity index is 686. The lowest BCUT2D eigenvalue weighted by molar-refractivity contribution is -0.135. The molecule has 1 saturated heterocycles. The Kier molecular flexibility index (Phi) is 9.04. The molecule has 1 aromatic carbocycles. The number of piperidine rings is 1. The first kappa shape index (κ1) is 24.2. The average Bonchev–Trinajstić information content (AvgIpc) is 2.66. The molecular weight excluding hydrogens is 450 g/mol. The molecule has 1 aromatic rings. The molecule has 2 amide bonds. The van der Waals surface area contributed by atoms with Crippen molar-refractivity contribution in [1.82, 2.24) is 15.1 Å². The summed E-state index contributed by atoms with van der Waals surface area (Å²) in [6.45, 7) is 9.20. The molecule has 0 bridgehead atoms. The Morgan fingerprint density at radius 3 is 2.38 bits per heavy atom. The number of hydrogen-bond acceptors (Lipinski definition) is 4. The van der Waals surface area contributed by atoms with Crippen molar-refractivity contribution in [3.05, 3.63) is 28.7 Å². The lowest BCUT2D eigenvalue weighted by Gasteiger charge is -2.34. The molecule has 1 fully saturated rings. The second-order valence-corrected chi connectivity index (χ2v) is 11.3. The van der Waals surface area contributed by atoms with Crippen LogP contribution in [-0.2, 0) is 9.59 Å². The van der Waals surface area contributed by atoms with E-state index in [0.29, 0.717) is 19.6 Å². The number of halogens is 1. The monoisotopic (exact) mass is 483 g/mol. The van der Waals surface area contributed by atoms with Crippen LogP contribution < -0.4 is 5.32 Å². The molecule has 0 saturated carbocycles. The molecule has 1 aliphatic rings. The quantitative estimate of drug-likeness (QED) is 0.570. The van der Waals surface area contributed by atoms with E-state index in [1.165, 1.54) is 0 Å². The van der Waals surface area contributed by atoms with Gasteiger partial charge in [-0.2, -0.15) is 0 Å². The molecule has 0 aromatic heterocycles. The third-order valence-electron chi connectivity index (χ3n) is 5.14. The molecule has 1 N–H and O–H groups in total. The first-order chi connectivity index (χ1) is 13.6.